The van der Waals surface area contributed by atoms with E-state index in [1.807, 2.05) is 13.0 Å². The Balaban J connectivity index is 1.91. The standard InChI is InChI=1S/C22H22F2N4O4/c1-12-3-4-28-17(8-13-11-32-6-5-27(13)22(30)31-2)21(26-18(28)7-12)19-15(23)9-16(25)14(10-29)20(19)24/h3-4,7,9-10,13H,5-6,8,11,25H2,1-2H3. The summed E-state index contributed by atoms with van der Waals surface area (Å²) in [6, 6.07) is 4.08. The van der Waals surface area contributed by atoms with E-state index in [-0.39, 0.29) is 30.7 Å². The Bertz CT molecular complexity index is 1210. The van der Waals surface area contributed by atoms with Gasteiger partial charge in [0, 0.05) is 24.8 Å². The molecule has 8 nitrogen and oxygen atoms in total. The lowest BCUT2D eigenvalue weighted by molar-refractivity contribution is -0.00441. The molecule has 32 heavy (non-hydrogen) atoms. The van der Waals surface area contributed by atoms with E-state index in [0.29, 0.717) is 24.5 Å². The molecule has 2 aromatic heterocycles. The van der Waals surface area contributed by atoms with Crippen molar-refractivity contribution >= 4 is 23.7 Å². The number of anilines is 1. The van der Waals surface area contributed by atoms with Gasteiger partial charge in [-0.3, -0.25) is 4.79 Å². The van der Waals surface area contributed by atoms with Gasteiger partial charge in [-0.05, 0) is 30.7 Å². The van der Waals surface area contributed by atoms with E-state index in [1.165, 1.54) is 12.0 Å². The molecule has 3 aromatic rings. The normalized spacial score (nSPS) is 16.4. The van der Waals surface area contributed by atoms with Gasteiger partial charge < -0.3 is 24.5 Å². The van der Waals surface area contributed by atoms with Crippen LogP contribution in [0.25, 0.3) is 16.9 Å². The van der Waals surface area contributed by atoms with E-state index in [2.05, 4.69) is 4.98 Å². The highest BCUT2D eigenvalue weighted by atomic mass is 19.1. The molecule has 1 unspecified atom stereocenters. The second-order valence-corrected chi connectivity index (χ2v) is 7.60. The summed E-state index contributed by atoms with van der Waals surface area (Å²) in [5, 5.41) is 0. The minimum Gasteiger partial charge on any atom is -0.453 e. The molecule has 0 bridgehead atoms. The van der Waals surface area contributed by atoms with Gasteiger partial charge in [-0.15, -0.1) is 0 Å². The maximum atomic E-state index is 15.2. The number of hydrogen-bond donors (Lipinski definition) is 1. The number of amides is 1. The fourth-order valence-corrected chi connectivity index (χ4v) is 3.99. The van der Waals surface area contributed by atoms with Crippen molar-refractivity contribution < 1.29 is 27.8 Å². The number of aromatic nitrogens is 2. The number of imidazole rings is 1. The third-order valence-corrected chi connectivity index (χ3v) is 5.59. The fraction of sp³-hybridized carbons (Fsp3) is 0.318. The van der Waals surface area contributed by atoms with Gasteiger partial charge >= 0.3 is 6.09 Å². The Labute approximate surface area is 182 Å². The summed E-state index contributed by atoms with van der Waals surface area (Å²) in [5.74, 6) is -2.01. The third-order valence-electron chi connectivity index (χ3n) is 5.59. The molecular formula is C22H22F2N4O4. The number of methoxy groups -OCH3 is 1. The number of aryl methyl sites for hydroxylation is 1. The number of fused-ring (bicyclic) bond motifs is 1. The molecule has 3 heterocycles. The number of benzene rings is 1. The maximum absolute atomic E-state index is 15.2. The van der Waals surface area contributed by atoms with Gasteiger partial charge in [0.15, 0.2) is 6.29 Å². The number of nitrogens with two attached hydrogens (primary N) is 1. The highest BCUT2D eigenvalue weighted by Gasteiger charge is 2.32. The summed E-state index contributed by atoms with van der Waals surface area (Å²) in [6.45, 7) is 2.77. The summed E-state index contributed by atoms with van der Waals surface area (Å²) < 4.78 is 42.3. The molecule has 1 atom stereocenters. The van der Waals surface area contributed by atoms with Crippen molar-refractivity contribution in [3.63, 3.8) is 0 Å². The van der Waals surface area contributed by atoms with Crippen molar-refractivity contribution in [3.05, 3.63) is 52.9 Å². The lowest BCUT2D eigenvalue weighted by Gasteiger charge is -2.34. The lowest BCUT2D eigenvalue weighted by Crippen LogP contribution is -2.49. The number of hydrogen-bond acceptors (Lipinski definition) is 6. The third kappa shape index (κ3) is 3.66. The number of morpholine rings is 1. The minimum absolute atomic E-state index is 0.0316. The van der Waals surface area contributed by atoms with E-state index in [4.69, 9.17) is 15.2 Å². The smallest absolute Gasteiger partial charge is 0.409 e. The first-order valence-corrected chi connectivity index (χ1v) is 9.98. The molecule has 1 aliphatic rings. The van der Waals surface area contributed by atoms with Crippen molar-refractivity contribution in [1.29, 1.82) is 0 Å². The zero-order valence-electron chi connectivity index (χ0n) is 17.6. The van der Waals surface area contributed by atoms with Gasteiger partial charge in [-0.25, -0.2) is 18.6 Å². The number of aldehydes is 1. The van der Waals surface area contributed by atoms with Gasteiger partial charge in [0.25, 0.3) is 0 Å². The first-order valence-electron chi connectivity index (χ1n) is 9.98. The van der Waals surface area contributed by atoms with Crippen molar-refractivity contribution in [1.82, 2.24) is 14.3 Å². The first kappa shape index (κ1) is 21.7. The van der Waals surface area contributed by atoms with Gasteiger partial charge in [0.05, 0.1) is 48.9 Å². The average Bonchev–Trinajstić information content (AvgIpc) is 3.10. The van der Waals surface area contributed by atoms with E-state index < -0.39 is 34.9 Å². The fourth-order valence-electron chi connectivity index (χ4n) is 3.99. The number of nitrogen functional groups attached to an aromatic ring is 1. The largest absolute Gasteiger partial charge is 0.453 e. The number of ether oxygens (including phenoxy) is 2. The van der Waals surface area contributed by atoms with Gasteiger partial charge in [-0.1, -0.05) is 0 Å². The Morgan fingerprint density at radius 1 is 1.41 bits per heavy atom. The average molecular weight is 444 g/mol. The van der Waals surface area contributed by atoms with Crippen LogP contribution in [-0.4, -0.2) is 59.6 Å². The maximum Gasteiger partial charge on any atom is 0.409 e. The SMILES string of the molecule is COC(=O)N1CCOCC1Cc1c(-c2c(F)cc(N)c(C=O)c2F)nc2cc(C)ccn12. The molecule has 1 amide bonds. The summed E-state index contributed by atoms with van der Waals surface area (Å²) in [6.07, 6.45) is 1.67. The molecule has 10 heteroatoms. The van der Waals surface area contributed by atoms with E-state index in [0.717, 1.165) is 11.6 Å². The number of carbonyl (C=O) groups is 2. The number of nitrogens with zero attached hydrogens (tertiary/aromatic N) is 3. The molecule has 0 radical (unpaired) electrons. The van der Waals surface area contributed by atoms with Gasteiger partial charge in [-0.2, -0.15) is 0 Å². The van der Waals surface area contributed by atoms with Crippen LogP contribution in [0.15, 0.2) is 24.4 Å². The van der Waals surface area contributed by atoms with Crippen LogP contribution in [0.3, 0.4) is 0 Å². The van der Waals surface area contributed by atoms with Crippen LogP contribution in [0.5, 0.6) is 0 Å². The highest BCUT2D eigenvalue weighted by molar-refractivity contribution is 5.87. The molecule has 1 saturated heterocycles. The van der Waals surface area contributed by atoms with E-state index >= 15 is 4.39 Å². The number of rotatable bonds is 4. The highest BCUT2D eigenvalue weighted by Crippen LogP contribution is 2.34. The molecule has 0 saturated carbocycles. The van der Waals surface area contributed by atoms with Crippen LogP contribution in [0.2, 0.25) is 0 Å². The van der Waals surface area contributed by atoms with Crippen molar-refractivity contribution in [2.24, 2.45) is 0 Å². The lowest BCUT2D eigenvalue weighted by atomic mass is 10.00. The second kappa shape index (κ2) is 8.54. The van der Waals surface area contributed by atoms with Crippen LogP contribution in [0.4, 0.5) is 19.3 Å². The monoisotopic (exact) mass is 444 g/mol. The Morgan fingerprint density at radius 2 is 2.19 bits per heavy atom. The zero-order valence-corrected chi connectivity index (χ0v) is 17.6. The van der Waals surface area contributed by atoms with Crippen molar-refractivity contribution in [2.45, 2.75) is 19.4 Å². The Morgan fingerprint density at radius 3 is 2.91 bits per heavy atom. The van der Waals surface area contributed by atoms with Crippen LogP contribution in [0.1, 0.15) is 21.6 Å². The summed E-state index contributed by atoms with van der Waals surface area (Å²) in [7, 11) is 1.29. The molecule has 4 rings (SSSR count). The Hall–Kier alpha value is -3.53. The first-order chi connectivity index (χ1) is 15.3. The molecular weight excluding hydrogens is 422 g/mol. The predicted molar refractivity (Wildman–Crippen MR) is 113 cm³/mol. The molecule has 0 aliphatic carbocycles. The zero-order chi connectivity index (χ0) is 23.0. The topological polar surface area (TPSA) is 99.2 Å². The summed E-state index contributed by atoms with van der Waals surface area (Å²) in [4.78, 5) is 29.6. The molecule has 1 fully saturated rings. The van der Waals surface area contributed by atoms with Crippen molar-refractivity contribution in [2.75, 3.05) is 32.6 Å². The van der Waals surface area contributed by atoms with Crippen LogP contribution in [-0.2, 0) is 15.9 Å². The van der Waals surface area contributed by atoms with Crippen LogP contribution >= 0.6 is 0 Å². The number of carbonyl (C=O) groups excluding carboxylic acids is 2. The Kier molecular flexibility index (Phi) is 5.79. The quantitative estimate of drug-likeness (QED) is 0.491. The molecule has 2 N–H and O–H groups in total. The molecule has 168 valence electrons. The van der Waals surface area contributed by atoms with E-state index in [9.17, 15) is 14.0 Å². The minimum atomic E-state index is -1.08. The van der Waals surface area contributed by atoms with Gasteiger partial charge in [0.1, 0.15) is 17.3 Å². The summed E-state index contributed by atoms with van der Waals surface area (Å²) in [5.41, 5.74) is 6.32. The molecule has 0 spiro atoms. The number of pyridine rings is 1. The summed E-state index contributed by atoms with van der Waals surface area (Å²) >= 11 is 0. The number of halogens is 2. The van der Waals surface area contributed by atoms with E-state index in [1.54, 1.807) is 16.7 Å². The molecule has 1 aliphatic heterocycles. The van der Waals surface area contributed by atoms with Crippen molar-refractivity contribution in [3.8, 4) is 11.3 Å². The molecule has 1 aromatic carbocycles. The van der Waals surface area contributed by atoms with Crippen LogP contribution < -0.4 is 5.73 Å². The predicted octanol–water partition coefficient (Wildman–Crippen LogP) is 2.99. The van der Waals surface area contributed by atoms with Gasteiger partial charge in [0.2, 0.25) is 0 Å². The second-order valence-electron chi connectivity index (χ2n) is 7.60. The van der Waals surface area contributed by atoms with Crippen LogP contribution in [0, 0.1) is 18.6 Å².